The highest BCUT2D eigenvalue weighted by atomic mass is 32.1. The van der Waals surface area contributed by atoms with E-state index in [1.807, 2.05) is 44.2 Å². The lowest BCUT2D eigenvalue weighted by molar-refractivity contribution is 0.0166. The molecule has 0 bridgehead atoms. The van der Waals surface area contributed by atoms with Crippen LogP contribution in [0.5, 0.6) is 0 Å². The van der Waals surface area contributed by atoms with Crippen molar-refractivity contribution in [3.8, 4) is 10.6 Å². The zero-order valence-electron chi connectivity index (χ0n) is 13.5. The lowest BCUT2D eigenvalue weighted by atomic mass is 9.93. The van der Waals surface area contributed by atoms with Gasteiger partial charge < -0.3 is 15.7 Å². The first-order valence-corrected chi connectivity index (χ1v) is 8.32. The molecule has 2 amide bonds. The Kier molecular flexibility index (Phi) is 5.68. The van der Waals surface area contributed by atoms with Crippen LogP contribution in [-0.4, -0.2) is 33.5 Å². The molecule has 124 valence electrons. The summed E-state index contributed by atoms with van der Waals surface area (Å²) in [4.78, 5) is 11.8. The van der Waals surface area contributed by atoms with E-state index < -0.39 is 5.60 Å². The number of hydrogen-bond acceptors (Lipinski definition) is 5. The molecule has 2 rings (SSSR count). The lowest BCUT2D eigenvalue weighted by Gasteiger charge is -2.27. The Morgan fingerprint density at radius 2 is 1.96 bits per heavy atom. The summed E-state index contributed by atoms with van der Waals surface area (Å²) in [7, 11) is 0. The van der Waals surface area contributed by atoms with Gasteiger partial charge in [-0.1, -0.05) is 55.5 Å². The Morgan fingerprint density at radius 1 is 1.26 bits per heavy atom. The maximum absolute atomic E-state index is 11.8. The standard InChI is InChI=1S/C16H22N4O2S/c1-11(2)16(3,22)10-18-15(21)17-9-13-19-20-14(23-13)12-7-5-4-6-8-12/h4-8,11,22H,9-10H2,1-3H3,(H2,17,18,21). The second kappa shape index (κ2) is 7.52. The number of urea groups is 1. The van der Waals surface area contributed by atoms with Crippen LogP contribution in [0.1, 0.15) is 25.8 Å². The summed E-state index contributed by atoms with van der Waals surface area (Å²) in [6.07, 6.45) is 0. The average molecular weight is 334 g/mol. The fourth-order valence-electron chi connectivity index (χ4n) is 1.70. The Labute approximate surface area is 140 Å². The average Bonchev–Trinajstić information content (AvgIpc) is 3.01. The molecule has 1 unspecified atom stereocenters. The first kappa shape index (κ1) is 17.4. The third-order valence-electron chi connectivity index (χ3n) is 3.74. The number of carbonyl (C=O) groups excluding carboxylic acids is 1. The predicted octanol–water partition coefficient (Wildman–Crippen LogP) is 2.41. The van der Waals surface area contributed by atoms with Crippen LogP contribution in [0.25, 0.3) is 10.6 Å². The molecule has 3 N–H and O–H groups in total. The Bertz CT molecular complexity index is 641. The molecule has 0 aliphatic rings. The lowest BCUT2D eigenvalue weighted by Crippen LogP contribution is -2.47. The fourth-order valence-corrected chi connectivity index (χ4v) is 2.49. The molecule has 1 aromatic heterocycles. The largest absolute Gasteiger partial charge is 0.388 e. The molecule has 23 heavy (non-hydrogen) atoms. The smallest absolute Gasteiger partial charge is 0.315 e. The van der Waals surface area contributed by atoms with Gasteiger partial charge in [0.05, 0.1) is 12.1 Å². The molecule has 2 aromatic rings. The number of carbonyl (C=O) groups is 1. The van der Waals surface area contributed by atoms with Crippen LogP contribution in [0.2, 0.25) is 0 Å². The molecule has 0 radical (unpaired) electrons. The number of hydrogen-bond donors (Lipinski definition) is 3. The van der Waals surface area contributed by atoms with Crippen LogP contribution >= 0.6 is 11.3 Å². The Balaban J connectivity index is 1.82. The molecule has 0 aliphatic heterocycles. The van der Waals surface area contributed by atoms with Gasteiger partial charge in [0, 0.05) is 12.1 Å². The van der Waals surface area contributed by atoms with Crippen molar-refractivity contribution >= 4 is 17.4 Å². The maximum Gasteiger partial charge on any atom is 0.315 e. The van der Waals surface area contributed by atoms with Gasteiger partial charge in [-0.2, -0.15) is 0 Å². The summed E-state index contributed by atoms with van der Waals surface area (Å²) in [5.41, 5.74) is 0.0780. The van der Waals surface area contributed by atoms with Gasteiger partial charge in [0.1, 0.15) is 10.0 Å². The highest BCUT2D eigenvalue weighted by molar-refractivity contribution is 7.14. The SMILES string of the molecule is CC(C)C(C)(O)CNC(=O)NCc1nnc(-c2ccccc2)s1. The second-order valence-electron chi connectivity index (χ2n) is 5.92. The molecule has 0 fully saturated rings. The summed E-state index contributed by atoms with van der Waals surface area (Å²) in [5.74, 6) is 0.0550. The van der Waals surface area contributed by atoms with Crippen molar-refractivity contribution in [3.05, 3.63) is 35.3 Å². The van der Waals surface area contributed by atoms with Crippen molar-refractivity contribution in [3.63, 3.8) is 0 Å². The molecule has 6 nitrogen and oxygen atoms in total. The zero-order chi connectivity index (χ0) is 16.9. The van der Waals surface area contributed by atoms with Crippen LogP contribution in [-0.2, 0) is 6.54 Å². The molecular weight excluding hydrogens is 312 g/mol. The van der Waals surface area contributed by atoms with Crippen molar-refractivity contribution in [2.45, 2.75) is 32.9 Å². The van der Waals surface area contributed by atoms with E-state index >= 15 is 0 Å². The van der Waals surface area contributed by atoms with E-state index in [1.165, 1.54) is 11.3 Å². The van der Waals surface area contributed by atoms with Crippen molar-refractivity contribution < 1.29 is 9.90 Å². The molecular formula is C16H22N4O2S. The summed E-state index contributed by atoms with van der Waals surface area (Å²) < 4.78 is 0. The van der Waals surface area contributed by atoms with E-state index in [2.05, 4.69) is 20.8 Å². The topological polar surface area (TPSA) is 87.1 Å². The van der Waals surface area contributed by atoms with Gasteiger partial charge in [0.15, 0.2) is 0 Å². The first-order valence-electron chi connectivity index (χ1n) is 7.50. The van der Waals surface area contributed by atoms with Gasteiger partial charge >= 0.3 is 6.03 Å². The number of benzene rings is 1. The van der Waals surface area contributed by atoms with E-state index in [4.69, 9.17) is 0 Å². The molecule has 1 aromatic carbocycles. The van der Waals surface area contributed by atoms with E-state index in [0.29, 0.717) is 6.54 Å². The summed E-state index contributed by atoms with van der Waals surface area (Å²) in [6.45, 7) is 6.02. The number of rotatable bonds is 6. The van der Waals surface area contributed by atoms with Gasteiger partial charge in [-0.3, -0.25) is 0 Å². The van der Waals surface area contributed by atoms with Crippen LogP contribution in [0.15, 0.2) is 30.3 Å². The Morgan fingerprint density at radius 3 is 2.61 bits per heavy atom. The van der Waals surface area contributed by atoms with E-state index in [9.17, 15) is 9.90 Å². The molecule has 0 saturated heterocycles. The van der Waals surface area contributed by atoms with Crippen molar-refractivity contribution in [2.24, 2.45) is 5.92 Å². The number of nitrogens with zero attached hydrogens (tertiary/aromatic N) is 2. The number of nitrogens with one attached hydrogen (secondary N) is 2. The van der Waals surface area contributed by atoms with Crippen LogP contribution in [0.3, 0.4) is 0 Å². The van der Waals surface area contributed by atoms with Crippen molar-refractivity contribution in [1.82, 2.24) is 20.8 Å². The number of amides is 2. The molecule has 1 heterocycles. The second-order valence-corrected chi connectivity index (χ2v) is 6.98. The molecule has 1 atom stereocenters. The maximum atomic E-state index is 11.8. The predicted molar refractivity (Wildman–Crippen MR) is 91.0 cm³/mol. The van der Waals surface area contributed by atoms with E-state index in [0.717, 1.165) is 15.6 Å². The zero-order valence-corrected chi connectivity index (χ0v) is 14.4. The van der Waals surface area contributed by atoms with Crippen molar-refractivity contribution in [2.75, 3.05) is 6.54 Å². The summed E-state index contributed by atoms with van der Waals surface area (Å²) in [5, 5.41) is 25.2. The fraction of sp³-hybridized carbons (Fsp3) is 0.438. The molecule has 0 spiro atoms. The van der Waals surface area contributed by atoms with Gasteiger partial charge in [-0.15, -0.1) is 10.2 Å². The molecule has 0 aliphatic carbocycles. The summed E-state index contributed by atoms with van der Waals surface area (Å²) >= 11 is 1.44. The molecule has 7 heteroatoms. The third kappa shape index (κ3) is 5.01. The van der Waals surface area contributed by atoms with E-state index in [1.54, 1.807) is 6.92 Å². The minimum Gasteiger partial charge on any atom is -0.388 e. The molecule has 0 saturated carbocycles. The van der Waals surface area contributed by atoms with E-state index in [-0.39, 0.29) is 18.5 Å². The monoisotopic (exact) mass is 334 g/mol. The third-order valence-corrected chi connectivity index (χ3v) is 4.71. The van der Waals surface area contributed by atoms with Gasteiger partial charge in [0.25, 0.3) is 0 Å². The van der Waals surface area contributed by atoms with Crippen molar-refractivity contribution in [1.29, 1.82) is 0 Å². The van der Waals surface area contributed by atoms with Gasteiger partial charge in [-0.05, 0) is 12.8 Å². The van der Waals surface area contributed by atoms with Crippen LogP contribution < -0.4 is 10.6 Å². The highest BCUT2D eigenvalue weighted by Gasteiger charge is 2.25. The number of aliphatic hydroxyl groups is 1. The van der Waals surface area contributed by atoms with Gasteiger partial charge in [0.2, 0.25) is 0 Å². The normalized spacial score (nSPS) is 13.6. The van der Waals surface area contributed by atoms with Gasteiger partial charge in [-0.25, -0.2) is 4.79 Å². The quantitative estimate of drug-likeness (QED) is 0.757. The number of aromatic nitrogens is 2. The first-order chi connectivity index (χ1) is 10.9. The minimum absolute atomic E-state index is 0.0550. The van der Waals surface area contributed by atoms with Crippen LogP contribution in [0, 0.1) is 5.92 Å². The van der Waals surface area contributed by atoms with Crippen LogP contribution in [0.4, 0.5) is 4.79 Å². The Hall–Kier alpha value is -1.99. The minimum atomic E-state index is -0.930. The highest BCUT2D eigenvalue weighted by Crippen LogP contribution is 2.22. The summed E-state index contributed by atoms with van der Waals surface area (Å²) in [6, 6.07) is 9.45.